The van der Waals surface area contributed by atoms with Crippen LogP contribution in [0.5, 0.6) is 17.6 Å². The van der Waals surface area contributed by atoms with Gasteiger partial charge in [-0.05, 0) is 68.7 Å². The minimum Gasteiger partial charge on any atom is -0.508 e. The topological polar surface area (TPSA) is 147 Å². The average molecular weight is 764 g/mol. The number of methoxy groups -OCH3 is 1. The summed E-state index contributed by atoms with van der Waals surface area (Å²) in [6.07, 6.45) is 10.5. The Bertz CT molecular complexity index is 2290. The fourth-order valence-corrected chi connectivity index (χ4v) is 10.8. The van der Waals surface area contributed by atoms with Crippen LogP contribution in [0.1, 0.15) is 44.6 Å². The van der Waals surface area contributed by atoms with E-state index in [-0.39, 0.29) is 112 Å². The van der Waals surface area contributed by atoms with Crippen molar-refractivity contribution >= 4 is 37.3 Å². The number of aromatic hydroxyl groups is 1. The van der Waals surface area contributed by atoms with E-state index in [1.807, 2.05) is 0 Å². The summed E-state index contributed by atoms with van der Waals surface area (Å²) in [7, 11) is -1.56. The Morgan fingerprint density at radius 2 is 1.91 bits per heavy atom. The van der Waals surface area contributed by atoms with Crippen molar-refractivity contribution in [1.82, 2.24) is 19.9 Å². The first-order chi connectivity index (χ1) is 25.8. The standard InChI is InChI=1S/C39H43F2N5O7S/c1-4-26-28(40)9-8-24-15-25(47)16-27(30(24)26)33-32(41)34-31(36(42-33)51-3)35(46-13-14-52-21-38(2,48)20-46)44-37(43-34)53-22-39-10-5-7-29(39)45(12-6-11-39)17-23-18-54(49,50)19-23/h1,8-9,15-16,23,29,47-48H,5-7,10-14,17-22H2,2-3H3. The molecule has 12 nitrogen and oxygen atoms in total. The number of nitrogens with zero attached hydrogens (tertiary/aromatic N) is 5. The summed E-state index contributed by atoms with van der Waals surface area (Å²) in [5, 5.41) is 22.5. The Balaban J connectivity index is 1.24. The van der Waals surface area contributed by atoms with Crippen LogP contribution in [0, 0.1) is 35.3 Å². The lowest BCUT2D eigenvalue weighted by molar-refractivity contribution is -0.0123. The van der Waals surface area contributed by atoms with Gasteiger partial charge in [0.25, 0.3) is 0 Å². The summed E-state index contributed by atoms with van der Waals surface area (Å²) >= 11 is 0. The third-order valence-electron chi connectivity index (χ3n) is 11.5. The quantitative estimate of drug-likeness (QED) is 0.244. The molecular weight excluding hydrogens is 721 g/mol. The lowest BCUT2D eigenvalue weighted by Gasteiger charge is -2.47. The Hall–Kier alpha value is -4.36. The highest BCUT2D eigenvalue weighted by molar-refractivity contribution is 7.92. The Morgan fingerprint density at radius 3 is 2.67 bits per heavy atom. The first-order valence-electron chi connectivity index (χ1n) is 18.3. The fourth-order valence-electron chi connectivity index (χ4n) is 9.20. The number of phenolic OH excluding ortho intramolecular Hbond substituents is 1. The number of likely N-dealkylation sites (tertiary alicyclic amines) is 1. The number of phenols is 1. The number of β-amino-alcohol motifs (C(OH)–C–C–N with tert-alkyl or cyclic N) is 1. The number of hydrogen-bond donors (Lipinski definition) is 2. The molecule has 54 heavy (non-hydrogen) atoms. The van der Waals surface area contributed by atoms with Gasteiger partial charge in [0.15, 0.2) is 15.7 Å². The van der Waals surface area contributed by atoms with Crippen molar-refractivity contribution in [2.75, 3.05) is 69.5 Å². The summed E-state index contributed by atoms with van der Waals surface area (Å²) in [5.41, 5.74) is -2.04. The molecule has 4 aliphatic rings. The first-order valence-corrected chi connectivity index (χ1v) is 20.1. The predicted octanol–water partition coefficient (Wildman–Crippen LogP) is 4.46. The Labute approximate surface area is 312 Å². The van der Waals surface area contributed by atoms with E-state index in [1.54, 1.807) is 11.8 Å². The van der Waals surface area contributed by atoms with Crippen LogP contribution in [0.25, 0.3) is 32.9 Å². The van der Waals surface area contributed by atoms with Gasteiger partial charge in [-0.15, -0.1) is 6.42 Å². The molecule has 0 spiro atoms. The van der Waals surface area contributed by atoms with Crippen LogP contribution < -0.4 is 14.4 Å². The second-order valence-electron chi connectivity index (χ2n) is 15.6. The van der Waals surface area contributed by atoms with Gasteiger partial charge in [-0.1, -0.05) is 18.4 Å². The number of ether oxygens (including phenoxy) is 3. The van der Waals surface area contributed by atoms with Gasteiger partial charge in [0.1, 0.15) is 39.6 Å². The molecule has 2 aromatic heterocycles. The number of benzene rings is 2. The van der Waals surface area contributed by atoms with Crippen LogP contribution in [-0.2, 0) is 14.6 Å². The number of pyridine rings is 1. The zero-order valence-electron chi connectivity index (χ0n) is 30.3. The number of halogens is 2. The highest BCUT2D eigenvalue weighted by atomic mass is 32.2. The minimum absolute atomic E-state index is 0.0399. The summed E-state index contributed by atoms with van der Waals surface area (Å²) in [6, 6.07) is 5.43. The van der Waals surface area contributed by atoms with Crippen molar-refractivity contribution in [3.05, 3.63) is 41.5 Å². The van der Waals surface area contributed by atoms with Crippen molar-refractivity contribution in [2.45, 2.75) is 50.7 Å². The molecule has 2 N–H and O–H groups in total. The number of fused-ring (bicyclic) bond motifs is 3. The first kappa shape index (κ1) is 36.6. The zero-order valence-corrected chi connectivity index (χ0v) is 31.1. The molecule has 8 rings (SSSR count). The van der Waals surface area contributed by atoms with Crippen molar-refractivity contribution < 1.29 is 41.6 Å². The van der Waals surface area contributed by atoms with Gasteiger partial charge >= 0.3 is 6.01 Å². The van der Waals surface area contributed by atoms with Gasteiger partial charge in [-0.25, -0.2) is 22.2 Å². The van der Waals surface area contributed by atoms with Gasteiger partial charge in [-0.3, -0.25) is 4.90 Å². The monoisotopic (exact) mass is 763 g/mol. The van der Waals surface area contributed by atoms with E-state index < -0.39 is 27.1 Å². The Kier molecular flexibility index (Phi) is 9.31. The molecule has 15 heteroatoms. The molecule has 4 aromatic rings. The normalized spacial score (nSPS) is 25.9. The van der Waals surface area contributed by atoms with E-state index in [4.69, 9.17) is 25.6 Å². The van der Waals surface area contributed by atoms with Gasteiger partial charge in [0.05, 0.1) is 50.5 Å². The molecule has 2 aromatic carbocycles. The van der Waals surface area contributed by atoms with E-state index >= 15 is 8.78 Å². The van der Waals surface area contributed by atoms with Crippen LogP contribution in [0.15, 0.2) is 24.3 Å². The third-order valence-corrected chi connectivity index (χ3v) is 13.4. The largest absolute Gasteiger partial charge is 0.508 e. The lowest BCUT2D eigenvalue weighted by Crippen LogP contribution is -2.55. The van der Waals surface area contributed by atoms with Crippen LogP contribution >= 0.6 is 0 Å². The minimum atomic E-state index is -2.93. The molecule has 5 heterocycles. The molecule has 3 atom stereocenters. The molecule has 0 radical (unpaired) electrons. The fraction of sp³-hybridized carbons (Fsp3) is 0.513. The number of piperidine rings is 1. The molecule has 0 bridgehead atoms. The van der Waals surface area contributed by atoms with Gasteiger partial charge < -0.3 is 29.3 Å². The van der Waals surface area contributed by atoms with Crippen molar-refractivity contribution in [2.24, 2.45) is 11.3 Å². The van der Waals surface area contributed by atoms with Crippen LogP contribution in [0.2, 0.25) is 0 Å². The molecule has 3 aliphatic heterocycles. The van der Waals surface area contributed by atoms with E-state index in [0.717, 1.165) is 45.2 Å². The number of hydrogen-bond acceptors (Lipinski definition) is 12. The SMILES string of the molecule is C#Cc1c(F)ccc2cc(O)cc(-c3nc(OC)c4c(N5CCOCC(C)(O)C5)nc(OCC56CCCC5N(CC5CS(=O)(=O)C5)CCC6)nc4c3F)c12. The van der Waals surface area contributed by atoms with E-state index in [1.165, 1.54) is 31.4 Å². The van der Waals surface area contributed by atoms with Gasteiger partial charge in [0.2, 0.25) is 5.88 Å². The summed E-state index contributed by atoms with van der Waals surface area (Å²) in [4.78, 5) is 18.2. The highest BCUT2D eigenvalue weighted by Gasteiger charge is 2.50. The maximum atomic E-state index is 17.3. The van der Waals surface area contributed by atoms with Crippen molar-refractivity contribution in [3.8, 4) is 41.2 Å². The second kappa shape index (κ2) is 13.7. The third kappa shape index (κ3) is 6.56. The molecule has 0 amide bonds. The maximum Gasteiger partial charge on any atom is 0.319 e. The maximum absolute atomic E-state index is 17.3. The zero-order chi connectivity index (χ0) is 38.0. The number of terminal acetylenes is 1. The molecule has 3 saturated heterocycles. The van der Waals surface area contributed by atoms with E-state index in [2.05, 4.69) is 20.8 Å². The predicted molar refractivity (Wildman–Crippen MR) is 199 cm³/mol. The number of sulfone groups is 1. The summed E-state index contributed by atoms with van der Waals surface area (Å²) in [6.45, 7) is 4.26. The summed E-state index contributed by atoms with van der Waals surface area (Å²) in [5.74, 6) is 1.33. The number of aromatic nitrogens is 3. The van der Waals surface area contributed by atoms with Gasteiger partial charge in [0, 0.05) is 35.5 Å². The van der Waals surface area contributed by atoms with Crippen molar-refractivity contribution in [1.29, 1.82) is 0 Å². The smallest absolute Gasteiger partial charge is 0.319 e. The molecule has 286 valence electrons. The summed E-state index contributed by atoms with van der Waals surface area (Å²) < 4.78 is 74.1. The highest BCUT2D eigenvalue weighted by Crippen LogP contribution is 2.49. The average Bonchev–Trinajstić information content (AvgIpc) is 3.47. The number of anilines is 1. The lowest BCUT2D eigenvalue weighted by atomic mass is 9.75. The molecule has 1 aliphatic carbocycles. The van der Waals surface area contributed by atoms with Crippen LogP contribution in [0.3, 0.4) is 0 Å². The Morgan fingerprint density at radius 1 is 1.11 bits per heavy atom. The van der Waals surface area contributed by atoms with Crippen LogP contribution in [-0.4, -0.2) is 115 Å². The number of rotatable bonds is 8. The second-order valence-corrected chi connectivity index (χ2v) is 17.7. The molecule has 1 saturated carbocycles. The van der Waals surface area contributed by atoms with Crippen molar-refractivity contribution in [3.63, 3.8) is 0 Å². The molecule has 3 unspecified atom stereocenters. The van der Waals surface area contributed by atoms with Gasteiger partial charge in [-0.2, -0.15) is 9.97 Å². The molecule has 4 fully saturated rings. The van der Waals surface area contributed by atoms with Crippen LogP contribution in [0.4, 0.5) is 14.6 Å². The molecular formula is C39H43F2N5O7S. The van der Waals surface area contributed by atoms with E-state index in [0.29, 0.717) is 11.9 Å². The van der Waals surface area contributed by atoms with E-state index in [9.17, 15) is 18.6 Å². The number of aliphatic hydroxyl groups is 1.